The molecule has 0 aliphatic rings. The van der Waals surface area contributed by atoms with E-state index >= 15 is 0 Å². The zero-order chi connectivity index (χ0) is 8.69. The molecule has 3 nitrogen and oxygen atoms in total. The van der Waals surface area contributed by atoms with Crippen LogP contribution in [0.25, 0.3) is 0 Å². The molecule has 0 aromatic rings. The first-order chi connectivity index (χ1) is 5.20. The first kappa shape index (κ1) is 10.0. The first-order valence-electron chi connectivity index (χ1n) is 3.36. The second kappa shape index (κ2) is 5.80. The lowest BCUT2D eigenvalue weighted by Gasteiger charge is -2.03. The molecule has 0 aromatic heterocycles. The minimum atomic E-state index is 0.531. The van der Waals surface area contributed by atoms with Crippen molar-refractivity contribution in [3.8, 4) is 0 Å². The predicted molar refractivity (Wildman–Crippen MR) is 44.9 cm³/mol. The van der Waals surface area contributed by atoms with Crippen LogP contribution in [0.3, 0.4) is 0 Å². The van der Waals surface area contributed by atoms with Gasteiger partial charge in [0.1, 0.15) is 0 Å². The molecule has 0 fully saturated rings. The van der Waals surface area contributed by atoms with Crippen LogP contribution < -0.4 is 5.73 Å². The Balaban J connectivity index is 3.66. The predicted octanol–water partition coefficient (Wildman–Crippen LogP) is 1.03. The second-order valence-electron chi connectivity index (χ2n) is 2.15. The Hall–Kier alpha value is -0.960. The second-order valence-corrected chi connectivity index (χ2v) is 2.15. The molecule has 0 radical (unpaired) electrons. The molecule has 11 heavy (non-hydrogen) atoms. The van der Waals surface area contributed by atoms with E-state index in [1.165, 1.54) is 0 Å². The van der Waals surface area contributed by atoms with Gasteiger partial charge in [-0.05, 0) is 6.08 Å². The van der Waals surface area contributed by atoms with Crippen LogP contribution in [0, 0.1) is 0 Å². The third kappa shape index (κ3) is 5.48. The summed E-state index contributed by atoms with van der Waals surface area (Å²) >= 11 is 0. The highest BCUT2D eigenvalue weighted by Crippen LogP contribution is 2.03. The van der Waals surface area contributed by atoms with E-state index in [2.05, 4.69) is 6.58 Å². The molecular formula is C8H15NO2. The number of hydrogen-bond donors (Lipinski definition) is 1. The lowest BCUT2D eigenvalue weighted by molar-refractivity contribution is 0.232. The number of nitrogens with two attached hydrogens (primary N) is 1. The van der Waals surface area contributed by atoms with Gasteiger partial charge in [-0.25, -0.2) is 0 Å². The average molecular weight is 157 g/mol. The van der Waals surface area contributed by atoms with Crippen molar-refractivity contribution in [3.63, 3.8) is 0 Å². The van der Waals surface area contributed by atoms with Crippen LogP contribution in [0.15, 0.2) is 24.1 Å². The van der Waals surface area contributed by atoms with E-state index in [-0.39, 0.29) is 0 Å². The molecule has 0 bridgehead atoms. The van der Waals surface area contributed by atoms with Gasteiger partial charge in [-0.3, -0.25) is 0 Å². The van der Waals surface area contributed by atoms with Crippen LogP contribution in [-0.2, 0) is 9.47 Å². The minimum absolute atomic E-state index is 0.531. The molecule has 0 rings (SSSR count). The Labute approximate surface area is 67.5 Å². The molecule has 0 saturated carbocycles. The smallest absolute Gasteiger partial charge is 0.0942 e. The normalized spacial score (nSPS) is 11.3. The Morgan fingerprint density at radius 2 is 2.18 bits per heavy atom. The summed E-state index contributed by atoms with van der Waals surface area (Å²) in [7, 11) is 3.20. The molecule has 0 amide bonds. The highest BCUT2D eigenvalue weighted by atomic mass is 16.5. The third-order valence-electron chi connectivity index (χ3n) is 1.20. The van der Waals surface area contributed by atoms with Gasteiger partial charge in [-0.15, -0.1) is 0 Å². The standard InChI is InChI=1S/C8H15NO2/c1-7(11-3)6-8(9)4-5-10-2/h4H,1,5-6,9H2,2-3H3/b8-4+. The lowest BCUT2D eigenvalue weighted by Crippen LogP contribution is -2.01. The molecule has 0 atom stereocenters. The van der Waals surface area contributed by atoms with E-state index in [4.69, 9.17) is 15.2 Å². The van der Waals surface area contributed by atoms with Crippen LogP contribution >= 0.6 is 0 Å². The number of rotatable bonds is 5. The first-order valence-corrected chi connectivity index (χ1v) is 3.36. The molecule has 0 spiro atoms. The highest BCUT2D eigenvalue weighted by molar-refractivity contribution is 5.05. The maximum absolute atomic E-state index is 5.58. The van der Waals surface area contributed by atoms with Crippen molar-refractivity contribution in [1.82, 2.24) is 0 Å². The van der Waals surface area contributed by atoms with E-state index in [9.17, 15) is 0 Å². The van der Waals surface area contributed by atoms with Crippen LogP contribution in [0.1, 0.15) is 6.42 Å². The van der Waals surface area contributed by atoms with E-state index in [1.807, 2.05) is 0 Å². The summed E-state index contributed by atoms with van der Waals surface area (Å²) in [5, 5.41) is 0. The fraction of sp³-hybridized carbons (Fsp3) is 0.500. The number of ether oxygens (including phenoxy) is 2. The van der Waals surface area contributed by atoms with E-state index < -0.39 is 0 Å². The fourth-order valence-electron chi connectivity index (χ4n) is 0.562. The molecule has 3 heteroatoms. The highest BCUT2D eigenvalue weighted by Gasteiger charge is 1.93. The molecule has 0 saturated heterocycles. The maximum atomic E-state index is 5.58. The Morgan fingerprint density at radius 1 is 1.55 bits per heavy atom. The van der Waals surface area contributed by atoms with Gasteiger partial charge in [-0.2, -0.15) is 0 Å². The average Bonchev–Trinajstić information content (AvgIpc) is 2.00. The van der Waals surface area contributed by atoms with Crippen molar-refractivity contribution in [2.45, 2.75) is 6.42 Å². The topological polar surface area (TPSA) is 44.5 Å². The van der Waals surface area contributed by atoms with Crippen molar-refractivity contribution in [3.05, 3.63) is 24.1 Å². The molecule has 0 aliphatic heterocycles. The zero-order valence-electron chi connectivity index (χ0n) is 7.09. The van der Waals surface area contributed by atoms with Crippen molar-refractivity contribution >= 4 is 0 Å². The van der Waals surface area contributed by atoms with Crippen LogP contribution in [0.4, 0.5) is 0 Å². The molecule has 0 unspecified atom stereocenters. The summed E-state index contributed by atoms with van der Waals surface area (Å²) in [4.78, 5) is 0. The monoisotopic (exact) mass is 157 g/mol. The summed E-state index contributed by atoms with van der Waals surface area (Å²) in [6.45, 7) is 4.17. The molecule has 64 valence electrons. The minimum Gasteiger partial charge on any atom is -0.501 e. The summed E-state index contributed by atoms with van der Waals surface area (Å²) < 4.78 is 9.65. The van der Waals surface area contributed by atoms with Gasteiger partial charge in [0.25, 0.3) is 0 Å². The van der Waals surface area contributed by atoms with Gasteiger partial charge in [0, 0.05) is 19.2 Å². The number of methoxy groups -OCH3 is 2. The molecule has 0 heterocycles. The molecule has 2 N–H and O–H groups in total. The van der Waals surface area contributed by atoms with Gasteiger partial charge in [-0.1, -0.05) is 6.58 Å². The molecular weight excluding hydrogens is 142 g/mol. The van der Waals surface area contributed by atoms with Crippen LogP contribution in [0.2, 0.25) is 0 Å². The van der Waals surface area contributed by atoms with Gasteiger partial charge in [0.2, 0.25) is 0 Å². The summed E-state index contributed by atoms with van der Waals surface area (Å²) in [6.07, 6.45) is 2.37. The van der Waals surface area contributed by atoms with Crippen molar-refractivity contribution in [1.29, 1.82) is 0 Å². The van der Waals surface area contributed by atoms with Crippen molar-refractivity contribution in [2.75, 3.05) is 20.8 Å². The largest absolute Gasteiger partial charge is 0.501 e. The zero-order valence-corrected chi connectivity index (χ0v) is 7.09. The SMILES string of the molecule is C=C(C/C(N)=C\COC)OC. The third-order valence-corrected chi connectivity index (χ3v) is 1.20. The lowest BCUT2D eigenvalue weighted by atomic mass is 10.3. The Kier molecular flexibility index (Phi) is 5.29. The maximum Gasteiger partial charge on any atom is 0.0942 e. The van der Waals surface area contributed by atoms with E-state index in [0.717, 1.165) is 5.70 Å². The van der Waals surface area contributed by atoms with Crippen LogP contribution in [-0.4, -0.2) is 20.8 Å². The van der Waals surface area contributed by atoms with Crippen LogP contribution in [0.5, 0.6) is 0 Å². The number of hydrogen-bond acceptors (Lipinski definition) is 3. The van der Waals surface area contributed by atoms with Gasteiger partial charge < -0.3 is 15.2 Å². The van der Waals surface area contributed by atoms with Crippen molar-refractivity contribution < 1.29 is 9.47 Å². The van der Waals surface area contributed by atoms with E-state index in [1.54, 1.807) is 20.3 Å². The molecule has 0 aliphatic carbocycles. The summed E-state index contributed by atoms with van der Waals surface area (Å²) in [6, 6.07) is 0. The summed E-state index contributed by atoms with van der Waals surface area (Å²) in [5.74, 6) is 0.662. The quantitative estimate of drug-likeness (QED) is 0.606. The fourth-order valence-corrected chi connectivity index (χ4v) is 0.562. The molecule has 0 aromatic carbocycles. The van der Waals surface area contributed by atoms with Crippen molar-refractivity contribution in [2.24, 2.45) is 5.73 Å². The Morgan fingerprint density at radius 3 is 2.64 bits per heavy atom. The van der Waals surface area contributed by atoms with E-state index in [0.29, 0.717) is 18.8 Å². The van der Waals surface area contributed by atoms with Gasteiger partial charge >= 0.3 is 0 Å². The van der Waals surface area contributed by atoms with Gasteiger partial charge in [0.15, 0.2) is 0 Å². The summed E-state index contributed by atoms with van der Waals surface area (Å²) in [5.41, 5.74) is 6.30. The van der Waals surface area contributed by atoms with Gasteiger partial charge in [0.05, 0.1) is 19.5 Å². The Bertz CT molecular complexity index is 152.